The highest BCUT2D eigenvalue weighted by Crippen LogP contribution is 2.13. The van der Waals surface area contributed by atoms with E-state index in [9.17, 15) is 0 Å². The molecule has 0 aliphatic carbocycles. The van der Waals surface area contributed by atoms with Crippen molar-refractivity contribution in [3.8, 4) is 0 Å². The Morgan fingerprint density at radius 1 is 1.30 bits per heavy atom. The van der Waals surface area contributed by atoms with Crippen molar-refractivity contribution in [2.24, 2.45) is 5.73 Å². The summed E-state index contributed by atoms with van der Waals surface area (Å²) in [6, 6.07) is 5.64. The SMILES string of the molecule is CCN(Cc1ccncc1)c1nc(C)cc(C(=N)N)n1. The van der Waals surface area contributed by atoms with Gasteiger partial charge in [0.15, 0.2) is 0 Å². The fraction of sp³-hybridized carbons (Fsp3) is 0.286. The summed E-state index contributed by atoms with van der Waals surface area (Å²) in [4.78, 5) is 14.8. The Morgan fingerprint density at radius 3 is 2.60 bits per heavy atom. The maximum absolute atomic E-state index is 7.51. The molecule has 0 aliphatic rings. The molecule has 104 valence electrons. The van der Waals surface area contributed by atoms with Gasteiger partial charge >= 0.3 is 0 Å². The van der Waals surface area contributed by atoms with Crippen molar-refractivity contribution in [1.82, 2.24) is 15.0 Å². The van der Waals surface area contributed by atoms with Crippen LogP contribution < -0.4 is 10.6 Å². The largest absolute Gasteiger partial charge is 0.382 e. The van der Waals surface area contributed by atoms with Gasteiger partial charge in [0.25, 0.3) is 0 Å². The second kappa shape index (κ2) is 6.10. The zero-order chi connectivity index (χ0) is 14.5. The first-order valence-electron chi connectivity index (χ1n) is 6.44. The molecule has 6 nitrogen and oxygen atoms in total. The number of rotatable bonds is 5. The summed E-state index contributed by atoms with van der Waals surface area (Å²) in [6.45, 7) is 5.38. The van der Waals surface area contributed by atoms with Crippen LogP contribution in [0.4, 0.5) is 5.95 Å². The fourth-order valence-corrected chi connectivity index (χ4v) is 1.86. The van der Waals surface area contributed by atoms with E-state index in [4.69, 9.17) is 11.1 Å². The molecule has 0 spiro atoms. The maximum Gasteiger partial charge on any atom is 0.226 e. The smallest absolute Gasteiger partial charge is 0.226 e. The molecule has 0 bridgehead atoms. The van der Waals surface area contributed by atoms with Crippen LogP contribution in [-0.4, -0.2) is 27.3 Å². The third-order valence-electron chi connectivity index (χ3n) is 2.91. The number of aromatic nitrogens is 3. The zero-order valence-corrected chi connectivity index (χ0v) is 11.7. The number of nitrogens with two attached hydrogens (primary N) is 1. The maximum atomic E-state index is 7.51. The molecule has 2 heterocycles. The highest BCUT2D eigenvalue weighted by molar-refractivity contribution is 5.93. The molecule has 0 aliphatic heterocycles. The summed E-state index contributed by atoms with van der Waals surface area (Å²) in [5.41, 5.74) is 7.91. The summed E-state index contributed by atoms with van der Waals surface area (Å²) in [5, 5.41) is 7.51. The van der Waals surface area contributed by atoms with Crippen LogP contribution in [0.15, 0.2) is 30.6 Å². The molecule has 2 rings (SSSR count). The number of aryl methyl sites for hydroxylation is 1. The van der Waals surface area contributed by atoms with Crippen LogP contribution in [-0.2, 0) is 6.54 Å². The first kappa shape index (κ1) is 13.9. The predicted octanol–water partition coefficient (Wildman–Crippen LogP) is 1.49. The highest BCUT2D eigenvalue weighted by atomic mass is 15.2. The van der Waals surface area contributed by atoms with E-state index in [0.717, 1.165) is 17.8 Å². The van der Waals surface area contributed by atoms with Gasteiger partial charge in [-0.2, -0.15) is 0 Å². The van der Waals surface area contributed by atoms with Gasteiger partial charge in [0.05, 0.1) is 0 Å². The minimum atomic E-state index is -0.0447. The van der Waals surface area contributed by atoms with Crippen LogP contribution in [0.25, 0.3) is 0 Å². The zero-order valence-electron chi connectivity index (χ0n) is 11.7. The van der Waals surface area contributed by atoms with Crippen LogP contribution in [0.5, 0.6) is 0 Å². The Balaban J connectivity index is 2.29. The van der Waals surface area contributed by atoms with Crippen molar-refractivity contribution < 1.29 is 0 Å². The molecule has 0 atom stereocenters. The van der Waals surface area contributed by atoms with E-state index in [1.807, 2.05) is 30.9 Å². The third kappa shape index (κ3) is 3.28. The van der Waals surface area contributed by atoms with Gasteiger partial charge in [-0.1, -0.05) is 0 Å². The number of hydrogen-bond acceptors (Lipinski definition) is 5. The van der Waals surface area contributed by atoms with Crippen molar-refractivity contribution in [2.75, 3.05) is 11.4 Å². The predicted molar refractivity (Wildman–Crippen MR) is 78.7 cm³/mol. The lowest BCUT2D eigenvalue weighted by Gasteiger charge is -2.21. The Hall–Kier alpha value is -2.50. The van der Waals surface area contributed by atoms with Crippen LogP contribution in [0.3, 0.4) is 0 Å². The molecule has 0 unspecified atom stereocenters. The van der Waals surface area contributed by atoms with Crippen molar-refractivity contribution in [1.29, 1.82) is 5.41 Å². The number of amidine groups is 1. The van der Waals surface area contributed by atoms with Crippen LogP contribution in [0, 0.1) is 12.3 Å². The Labute approximate surface area is 118 Å². The number of nitrogens with one attached hydrogen (secondary N) is 1. The van der Waals surface area contributed by atoms with E-state index >= 15 is 0 Å². The van der Waals surface area contributed by atoms with Crippen molar-refractivity contribution >= 4 is 11.8 Å². The number of pyridine rings is 1. The number of nitrogens with zero attached hydrogens (tertiary/aromatic N) is 4. The summed E-state index contributed by atoms with van der Waals surface area (Å²) in [6.07, 6.45) is 3.53. The Bertz CT molecular complexity index is 596. The van der Waals surface area contributed by atoms with Gasteiger partial charge < -0.3 is 10.6 Å². The average Bonchev–Trinajstić information content (AvgIpc) is 2.45. The molecule has 20 heavy (non-hydrogen) atoms. The summed E-state index contributed by atoms with van der Waals surface area (Å²) in [5.74, 6) is 0.547. The summed E-state index contributed by atoms with van der Waals surface area (Å²) in [7, 11) is 0. The molecule has 0 amide bonds. The Kier molecular flexibility index (Phi) is 4.24. The second-order valence-electron chi connectivity index (χ2n) is 4.48. The molecular formula is C14H18N6. The minimum absolute atomic E-state index is 0.0447. The van der Waals surface area contributed by atoms with Gasteiger partial charge in [0, 0.05) is 31.2 Å². The van der Waals surface area contributed by atoms with E-state index < -0.39 is 0 Å². The molecule has 0 aromatic carbocycles. The first-order valence-corrected chi connectivity index (χ1v) is 6.44. The van der Waals surface area contributed by atoms with Crippen molar-refractivity contribution in [2.45, 2.75) is 20.4 Å². The lowest BCUT2D eigenvalue weighted by molar-refractivity contribution is 0.785. The lowest BCUT2D eigenvalue weighted by atomic mass is 10.2. The van der Waals surface area contributed by atoms with Crippen molar-refractivity contribution in [3.05, 3.63) is 47.5 Å². The topological polar surface area (TPSA) is 91.8 Å². The van der Waals surface area contributed by atoms with E-state index in [0.29, 0.717) is 18.2 Å². The molecule has 0 radical (unpaired) electrons. The number of anilines is 1. The van der Waals surface area contributed by atoms with E-state index in [1.165, 1.54) is 0 Å². The van der Waals surface area contributed by atoms with Crippen LogP contribution >= 0.6 is 0 Å². The fourth-order valence-electron chi connectivity index (χ4n) is 1.86. The first-order chi connectivity index (χ1) is 9.60. The summed E-state index contributed by atoms with van der Waals surface area (Å²) >= 11 is 0. The number of hydrogen-bond donors (Lipinski definition) is 2. The molecule has 3 N–H and O–H groups in total. The second-order valence-corrected chi connectivity index (χ2v) is 4.48. The quantitative estimate of drug-likeness (QED) is 0.634. The van der Waals surface area contributed by atoms with Gasteiger partial charge in [-0.3, -0.25) is 10.4 Å². The molecule has 2 aromatic heterocycles. The van der Waals surface area contributed by atoms with Crippen LogP contribution in [0.2, 0.25) is 0 Å². The van der Waals surface area contributed by atoms with Crippen molar-refractivity contribution in [3.63, 3.8) is 0 Å². The molecular weight excluding hydrogens is 252 g/mol. The van der Waals surface area contributed by atoms with Gasteiger partial charge in [0.2, 0.25) is 5.95 Å². The molecule has 0 saturated heterocycles. The molecule has 0 saturated carbocycles. The van der Waals surface area contributed by atoms with Gasteiger partial charge in [-0.25, -0.2) is 9.97 Å². The average molecular weight is 270 g/mol. The standard InChI is InChI=1S/C14H18N6/c1-3-20(9-11-4-6-17-7-5-11)14-18-10(2)8-12(19-14)13(15)16/h4-8H,3,9H2,1-2H3,(H3,15,16). The monoisotopic (exact) mass is 270 g/mol. The van der Waals surface area contributed by atoms with Crippen LogP contribution in [0.1, 0.15) is 23.9 Å². The van der Waals surface area contributed by atoms with Gasteiger partial charge in [0.1, 0.15) is 11.5 Å². The molecule has 6 heteroatoms. The van der Waals surface area contributed by atoms with E-state index in [2.05, 4.69) is 15.0 Å². The minimum Gasteiger partial charge on any atom is -0.382 e. The molecule has 0 fully saturated rings. The number of nitrogen functional groups attached to an aromatic ring is 1. The summed E-state index contributed by atoms with van der Waals surface area (Å²) < 4.78 is 0. The normalized spacial score (nSPS) is 10.3. The third-order valence-corrected chi connectivity index (χ3v) is 2.91. The van der Waals surface area contributed by atoms with E-state index in [-0.39, 0.29) is 5.84 Å². The highest BCUT2D eigenvalue weighted by Gasteiger charge is 2.11. The van der Waals surface area contributed by atoms with Gasteiger partial charge in [-0.05, 0) is 37.6 Å². The van der Waals surface area contributed by atoms with Gasteiger partial charge in [-0.15, -0.1) is 0 Å². The Morgan fingerprint density at radius 2 is 2.00 bits per heavy atom. The molecule has 2 aromatic rings. The van der Waals surface area contributed by atoms with E-state index in [1.54, 1.807) is 18.5 Å². The lowest BCUT2D eigenvalue weighted by Crippen LogP contribution is -2.26.